The zero-order valence-electron chi connectivity index (χ0n) is 9.70. The molecule has 2 N–H and O–H groups in total. The molecule has 0 radical (unpaired) electrons. The maximum Gasteiger partial charge on any atom is 0.0669 e. The largest absolute Gasteiger partial charge is 0.349 e. The number of para-hydroxylation sites is 1. The fourth-order valence-corrected chi connectivity index (χ4v) is 2.43. The van der Waals surface area contributed by atoms with E-state index in [-0.39, 0.29) is 0 Å². The van der Waals surface area contributed by atoms with Crippen LogP contribution in [0, 0.1) is 5.92 Å². The number of nitrogens with two attached hydrogens (primary N) is 1. The zero-order chi connectivity index (χ0) is 11.7. The van der Waals surface area contributed by atoms with Crippen LogP contribution in [0.2, 0.25) is 5.02 Å². The van der Waals surface area contributed by atoms with Gasteiger partial charge in [0.25, 0.3) is 0 Å². The van der Waals surface area contributed by atoms with Gasteiger partial charge in [-0.05, 0) is 30.5 Å². The van der Waals surface area contributed by atoms with Crippen LogP contribution in [0.1, 0.15) is 12.5 Å². The van der Waals surface area contributed by atoms with Gasteiger partial charge < -0.3 is 10.3 Å². The number of aromatic nitrogens is 1. The molecule has 2 aromatic rings. The summed E-state index contributed by atoms with van der Waals surface area (Å²) in [6, 6.07) is 6.06. The minimum absolute atomic E-state index is 0.504. The molecule has 2 rings (SSSR count). The summed E-state index contributed by atoms with van der Waals surface area (Å²) in [6.07, 6.45) is 3.16. The number of halogens is 1. The molecule has 2 nitrogen and oxygen atoms in total. The molecule has 1 unspecified atom stereocenters. The summed E-state index contributed by atoms with van der Waals surface area (Å²) in [6.45, 7) is 2.89. The quantitative estimate of drug-likeness (QED) is 0.873. The van der Waals surface area contributed by atoms with Crippen molar-refractivity contribution < 1.29 is 0 Å². The first-order valence-electron chi connectivity index (χ1n) is 5.56. The van der Waals surface area contributed by atoms with E-state index in [1.165, 1.54) is 10.9 Å². The molecule has 1 atom stereocenters. The van der Waals surface area contributed by atoms with E-state index >= 15 is 0 Å². The molecular weight excluding hydrogens is 220 g/mol. The molecule has 0 spiro atoms. The molecule has 1 aromatic carbocycles. The highest BCUT2D eigenvalue weighted by molar-refractivity contribution is 6.35. The van der Waals surface area contributed by atoms with Crippen LogP contribution >= 0.6 is 11.6 Å². The standard InChI is InChI=1S/C13H17ClN2/c1-9(7-15)6-10-8-16(2)13-11(10)4-3-5-12(13)14/h3-5,8-9H,6-7,15H2,1-2H3. The van der Waals surface area contributed by atoms with Crippen molar-refractivity contribution >= 4 is 22.5 Å². The topological polar surface area (TPSA) is 30.9 Å². The lowest BCUT2D eigenvalue weighted by Gasteiger charge is -2.06. The normalized spacial score (nSPS) is 13.2. The Labute approximate surface area is 101 Å². The van der Waals surface area contributed by atoms with Gasteiger partial charge >= 0.3 is 0 Å². The van der Waals surface area contributed by atoms with E-state index in [4.69, 9.17) is 17.3 Å². The number of hydrogen-bond acceptors (Lipinski definition) is 1. The molecular formula is C13H17ClN2. The predicted molar refractivity (Wildman–Crippen MR) is 69.9 cm³/mol. The number of fused-ring (bicyclic) bond motifs is 1. The predicted octanol–water partition coefficient (Wildman–Crippen LogP) is 2.97. The minimum atomic E-state index is 0.504. The van der Waals surface area contributed by atoms with Gasteiger partial charge in [-0.15, -0.1) is 0 Å². The van der Waals surface area contributed by atoms with Crippen LogP contribution in [0.4, 0.5) is 0 Å². The second kappa shape index (κ2) is 4.48. The van der Waals surface area contributed by atoms with Gasteiger partial charge in [-0.25, -0.2) is 0 Å². The SMILES string of the molecule is CC(CN)Cc1cn(C)c2c(Cl)cccc12. The lowest BCUT2D eigenvalue weighted by atomic mass is 10.0. The summed E-state index contributed by atoms with van der Waals surface area (Å²) in [5.74, 6) is 0.504. The average molecular weight is 237 g/mol. The van der Waals surface area contributed by atoms with Gasteiger partial charge in [-0.1, -0.05) is 30.7 Å². The Morgan fingerprint density at radius 3 is 2.88 bits per heavy atom. The van der Waals surface area contributed by atoms with Gasteiger partial charge in [0.2, 0.25) is 0 Å². The van der Waals surface area contributed by atoms with Crippen LogP contribution in [-0.2, 0) is 13.5 Å². The fourth-order valence-electron chi connectivity index (χ4n) is 2.12. The van der Waals surface area contributed by atoms with E-state index < -0.39 is 0 Å². The van der Waals surface area contributed by atoms with Crippen molar-refractivity contribution in [1.82, 2.24) is 4.57 Å². The molecule has 0 bridgehead atoms. The van der Waals surface area contributed by atoms with Crippen LogP contribution in [0.3, 0.4) is 0 Å². The van der Waals surface area contributed by atoms with Crippen molar-refractivity contribution in [2.45, 2.75) is 13.3 Å². The number of rotatable bonds is 3. The van der Waals surface area contributed by atoms with Gasteiger partial charge in [-0.2, -0.15) is 0 Å². The third kappa shape index (κ3) is 1.95. The monoisotopic (exact) mass is 236 g/mol. The van der Waals surface area contributed by atoms with E-state index in [1.807, 2.05) is 19.2 Å². The highest BCUT2D eigenvalue weighted by Crippen LogP contribution is 2.28. The van der Waals surface area contributed by atoms with Gasteiger partial charge in [0.05, 0.1) is 10.5 Å². The third-order valence-corrected chi connectivity index (χ3v) is 3.31. The summed E-state index contributed by atoms with van der Waals surface area (Å²) in [5.41, 5.74) is 8.11. The highest BCUT2D eigenvalue weighted by atomic mass is 35.5. The Kier molecular flexibility index (Phi) is 3.22. The average Bonchev–Trinajstić information content (AvgIpc) is 2.57. The van der Waals surface area contributed by atoms with E-state index in [0.29, 0.717) is 5.92 Å². The lowest BCUT2D eigenvalue weighted by molar-refractivity contribution is 0.594. The number of hydrogen-bond donors (Lipinski definition) is 1. The van der Waals surface area contributed by atoms with Crippen LogP contribution in [0.25, 0.3) is 10.9 Å². The Morgan fingerprint density at radius 2 is 2.19 bits per heavy atom. The number of aryl methyl sites for hydroxylation is 1. The second-order valence-corrected chi connectivity index (χ2v) is 4.85. The molecule has 0 saturated carbocycles. The summed E-state index contributed by atoms with van der Waals surface area (Å²) in [4.78, 5) is 0. The van der Waals surface area contributed by atoms with Gasteiger partial charge in [0.15, 0.2) is 0 Å². The van der Waals surface area contributed by atoms with Crippen molar-refractivity contribution in [3.8, 4) is 0 Å². The summed E-state index contributed by atoms with van der Waals surface area (Å²) in [7, 11) is 2.03. The number of benzene rings is 1. The van der Waals surface area contributed by atoms with Gasteiger partial charge in [-0.3, -0.25) is 0 Å². The Hall–Kier alpha value is -0.990. The molecule has 1 heterocycles. The van der Waals surface area contributed by atoms with E-state index in [0.717, 1.165) is 23.5 Å². The van der Waals surface area contributed by atoms with Crippen molar-refractivity contribution in [2.75, 3.05) is 6.54 Å². The first-order chi connectivity index (χ1) is 7.63. The van der Waals surface area contributed by atoms with Crippen molar-refractivity contribution in [1.29, 1.82) is 0 Å². The maximum atomic E-state index is 6.20. The smallest absolute Gasteiger partial charge is 0.0669 e. The van der Waals surface area contributed by atoms with Crippen LogP contribution < -0.4 is 5.73 Å². The first kappa shape index (κ1) is 11.5. The molecule has 1 aromatic heterocycles. The van der Waals surface area contributed by atoms with Gasteiger partial charge in [0.1, 0.15) is 0 Å². The molecule has 0 amide bonds. The van der Waals surface area contributed by atoms with Crippen molar-refractivity contribution in [3.63, 3.8) is 0 Å². The molecule has 86 valence electrons. The fraction of sp³-hybridized carbons (Fsp3) is 0.385. The Balaban J connectivity index is 2.51. The summed E-state index contributed by atoms with van der Waals surface area (Å²) < 4.78 is 2.09. The maximum absolute atomic E-state index is 6.20. The molecule has 0 aliphatic rings. The minimum Gasteiger partial charge on any atom is -0.349 e. The van der Waals surface area contributed by atoms with E-state index in [9.17, 15) is 0 Å². The molecule has 0 fully saturated rings. The van der Waals surface area contributed by atoms with E-state index in [1.54, 1.807) is 0 Å². The Bertz CT molecular complexity index is 502. The van der Waals surface area contributed by atoms with E-state index in [2.05, 4.69) is 23.8 Å². The van der Waals surface area contributed by atoms with Gasteiger partial charge in [0, 0.05) is 18.6 Å². The van der Waals surface area contributed by atoms with Crippen molar-refractivity contribution in [2.24, 2.45) is 18.7 Å². The molecule has 0 saturated heterocycles. The zero-order valence-corrected chi connectivity index (χ0v) is 10.5. The second-order valence-electron chi connectivity index (χ2n) is 4.45. The lowest BCUT2D eigenvalue weighted by Crippen LogP contribution is -2.12. The van der Waals surface area contributed by atoms with Crippen LogP contribution in [-0.4, -0.2) is 11.1 Å². The molecule has 0 aliphatic carbocycles. The van der Waals surface area contributed by atoms with Crippen LogP contribution in [0.5, 0.6) is 0 Å². The molecule has 3 heteroatoms. The number of nitrogens with zero attached hydrogens (tertiary/aromatic N) is 1. The summed E-state index contributed by atoms with van der Waals surface area (Å²) >= 11 is 6.20. The third-order valence-electron chi connectivity index (χ3n) is 3.01. The Morgan fingerprint density at radius 1 is 1.44 bits per heavy atom. The first-order valence-corrected chi connectivity index (χ1v) is 5.93. The summed E-state index contributed by atoms with van der Waals surface area (Å²) in [5, 5.41) is 2.06. The van der Waals surface area contributed by atoms with Crippen LogP contribution in [0.15, 0.2) is 24.4 Å². The molecule has 16 heavy (non-hydrogen) atoms. The van der Waals surface area contributed by atoms with Crippen molar-refractivity contribution in [3.05, 3.63) is 35.0 Å². The highest BCUT2D eigenvalue weighted by Gasteiger charge is 2.11. The molecule has 0 aliphatic heterocycles.